The second-order valence-corrected chi connectivity index (χ2v) is 47.8. The first-order chi connectivity index (χ1) is 65.4. The quantitative estimate of drug-likeness (QED) is 0.0706. The van der Waals surface area contributed by atoms with E-state index in [1.807, 2.05) is 32.9 Å². The summed E-state index contributed by atoms with van der Waals surface area (Å²) >= 11 is 0. The van der Waals surface area contributed by atoms with E-state index in [1.165, 1.54) is 88.1 Å². The number of nitrogens with one attached hydrogen (secondary N) is 1. The molecule has 1 saturated carbocycles. The topological polar surface area (TPSA) is 93.2 Å². The predicted octanol–water partition coefficient (Wildman–Crippen LogP) is 28.9. The van der Waals surface area contributed by atoms with Crippen molar-refractivity contribution in [1.29, 1.82) is 0 Å². The third-order valence-electron chi connectivity index (χ3n) is 33.1. The van der Waals surface area contributed by atoms with Crippen LogP contribution in [-0.2, 0) is 37.5 Å². The fourth-order valence-corrected chi connectivity index (χ4v) is 22.1. The first-order valence-electron chi connectivity index (χ1n) is 51.8. The zero-order valence-corrected chi connectivity index (χ0v) is 88.9. The molecule has 0 unspecified atom stereocenters. The number of amides is 1. The lowest BCUT2D eigenvalue weighted by molar-refractivity contribution is 0.0171. The van der Waals surface area contributed by atoms with Gasteiger partial charge in [-0.25, -0.2) is 44.2 Å². The van der Waals surface area contributed by atoms with Crippen LogP contribution in [0.3, 0.4) is 0 Å². The highest BCUT2D eigenvalue weighted by Crippen LogP contribution is 2.53. The molecule has 1 aliphatic carbocycles. The molecule has 7 fully saturated rings. The van der Waals surface area contributed by atoms with E-state index in [1.54, 1.807) is 7.11 Å². The fourth-order valence-electron chi connectivity index (χ4n) is 22.1. The summed E-state index contributed by atoms with van der Waals surface area (Å²) in [6, 6.07) is 67.3. The fraction of sp³-hybridized carbons (Fsp3) is 0.598. The molecule has 1 N–H and O–H groups in total. The third-order valence-corrected chi connectivity index (χ3v) is 33.1. The van der Waals surface area contributed by atoms with Crippen molar-refractivity contribution < 1.29 is 14.3 Å². The molecule has 6 heterocycles. The lowest BCUT2D eigenvalue weighted by Crippen LogP contribution is -2.48. The zero-order chi connectivity index (χ0) is 101. The van der Waals surface area contributed by atoms with Crippen molar-refractivity contribution in [3.8, 4) is 28.0 Å². The maximum absolute atomic E-state index is 11.6. The van der Waals surface area contributed by atoms with Crippen molar-refractivity contribution in [1.82, 2.24) is 29.8 Å². The lowest BCUT2D eigenvalue weighted by atomic mass is 9.61. The van der Waals surface area contributed by atoms with Gasteiger partial charge in [0.15, 0.2) is 0 Å². The van der Waals surface area contributed by atoms with E-state index in [0.717, 1.165) is 194 Å². The second-order valence-electron chi connectivity index (χ2n) is 47.8. The molecule has 7 aromatic rings. The summed E-state index contributed by atoms with van der Waals surface area (Å²) < 4.78 is 10.7. The summed E-state index contributed by atoms with van der Waals surface area (Å²) in [5, 5.41) is 2.92. The van der Waals surface area contributed by atoms with Crippen LogP contribution in [0.25, 0.3) is 51.3 Å². The molecule has 0 spiro atoms. The number of hydrogen-bond donors (Lipinski definition) is 1. The minimum atomic E-state index is -0.447. The van der Waals surface area contributed by atoms with Gasteiger partial charge in [-0.1, -0.05) is 275 Å². The van der Waals surface area contributed by atoms with Gasteiger partial charge in [-0.2, -0.15) is 0 Å². The molecule has 14 rings (SSSR count). The second kappa shape index (κ2) is 51.0. The number of anilines is 1. The van der Waals surface area contributed by atoms with Crippen molar-refractivity contribution in [2.45, 2.75) is 285 Å². The molecule has 0 atom stereocenters. The van der Waals surface area contributed by atoms with E-state index in [4.69, 9.17) is 48.9 Å². The van der Waals surface area contributed by atoms with Gasteiger partial charge in [-0.05, 0) is 291 Å². The third kappa shape index (κ3) is 32.1. The summed E-state index contributed by atoms with van der Waals surface area (Å²) in [5.74, 6) is 0.969. The van der Waals surface area contributed by atoms with E-state index < -0.39 is 5.60 Å². The van der Waals surface area contributed by atoms with Gasteiger partial charge in [0.2, 0.25) is 39.3 Å². The molecule has 0 aromatic heterocycles. The number of ether oxygens (including phenoxy) is 2. The number of hydrogen-bond acceptors (Lipinski definition) is 9. The van der Waals surface area contributed by atoms with Crippen molar-refractivity contribution in [3.05, 3.63) is 284 Å². The lowest BCUT2D eigenvalue weighted by Gasteiger charge is -2.46. The number of para-hydroxylation sites is 1. The highest BCUT2D eigenvalue weighted by molar-refractivity contribution is 5.68. The minimum Gasteiger partial charge on any atom is -0.496 e. The van der Waals surface area contributed by atoms with E-state index in [-0.39, 0.29) is 71.7 Å². The summed E-state index contributed by atoms with van der Waals surface area (Å²) in [7, 11) is 1.73. The van der Waals surface area contributed by atoms with Crippen LogP contribution in [0.2, 0.25) is 0 Å². The molecule has 6 saturated heterocycles. The molecular formula is C122H173N13O3. The molecular weight excluding hydrogens is 1700 g/mol. The highest BCUT2D eigenvalue weighted by atomic mass is 16.6. The van der Waals surface area contributed by atoms with Gasteiger partial charge in [0.05, 0.1) is 7.11 Å². The molecule has 6 aliphatic heterocycles. The molecule has 1 amide bonds. The van der Waals surface area contributed by atoms with E-state index in [2.05, 4.69) is 350 Å². The Bertz CT molecular complexity index is 5080. The summed E-state index contributed by atoms with van der Waals surface area (Å²) in [6.07, 6.45) is 18.8. The van der Waals surface area contributed by atoms with Crippen LogP contribution in [0.5, 0.6) is 5.75 Å². The van der Waals surface area contributed by atoms with Crippen LogP contribution < -0.4 is 15.0 Å². The number of rotatable bonds is 21. The Hall–Kier alpha value is -9.85. The van der Waals surface area contributed by atoms with E-state index >= 15 is 0 Å². The Morgan fingerprint density at radius 2 is 0.659 bits per heavy atom. The van der Waals surface area contributed by atoms with Gasteiger partial charge in [0.1, 0.15) is 11.4 Å². The average molecular weight is 1870 g/mol. The van der Waals surface area contributed by atoms with Crippen molar-refractivity contribution >= 4 is 11.8 Å². The standard InChI is InChI=1S/2C24H30N2.C23H35N3.C19H28N2O.C18H26N2.C14H24N2O2/c1-23(2,3)24(19-25-4)13-15-26(16-14-24)18-20-9-8-12-22(17-20)21-10-6-5-7-11-21;1-23(2,3)24(19-25-4)14-16-26(17-15-24)18-21-12-8-9-13-22(21)20-10-6-5-7-11-20;1-22(2,3)23(19-24-4)12-16-25(17-13-23)18-20-8-10-21(11-9-20)26-14-6-5-7-15-26;1-18(2,3)19(15-20-4)10-12-21(13-11-19)14-16-8-6-7-9-17(16)22-5;1-17(2,3)18(15-19-4)10-12-20(13-11-18)14-16-8-6-5-7-9-16;1-13(2,3)18-12(17)16-11-6-8-14(4,9-7-11)10-15-5/h5-12,17H,13-16,18-19H2,1-3H3;5-13H,14-19H2,1-3H3;8-11H,5-7,12-19H2,1-3H3;6-9H,10-15H2,1-3,5H3;5-9H,10-15H2,1-3H3;11H,6-10H2,1-4H3,(H,16,17). The Morgan fingerprint density at radius 1 is 0.341 bits per heavy atom. The van der Waals surface area contributed by atoms with E-state index in [9.17, 15) is 4.79 Å². The largest absolute Gasteiger partial charge is 0.496 e. The molecule has 7 aromatic carbocycles. The number of carbonyl (C=O) groups is 1. The van der Waals surface area contributed by atoms with Gasteiger partial charge in [-0.15, -0.1) is 0 Å². The SMILES string of the molecule is [C-]#[N+]CC1(C(C)(C)C)CCN(Cc2ccc(N3CCCCC3)cc2)CC1.[C-]#[N+]CC1(C(C)(C)C)CCN(Cc2cccc(-c3ccccc3)c2)CC1.[C-]#[N+]CC1(C(C)(C)C)CCN(Cc2ccccc2)CC1.[C-]#[N+]CC1(C(C)(C)C)CCN(Cc2ccccc2-c2ccccc2)CC1.[C-]#[N+]CC1(C(C)(C)C)CCN(Cc2ccccc2OC)CC1.[C-]#[N+]CC1(C)CCC(NC(=O)OC(C)(C)C)CC1. The smallest absolute Gasteiger partial charge is 0.407 e. The normalized spacial score (nSPS) is 20.2. The van der Waals surface area contributed by atoms with Crippen LogP contribution in [0, 0.1) is 99.0 Å². The zero-order valence-electron chi connectivity index (χ0n) is 88.9. The summed E-state index contributed by atoms with van der Waals surface area (Å²) in [6.45, 7) is 108. The number of methoxy groups -OCH3 is 1. The molecule has 138 heavy (non-hydrogen) atoms. The van der Waals surface area contributed by atoms with Crippen LogP contribution >= 0.6 is 0 Å². The Balaban J connectivity index is 0.000000186. The summed E-state index contributed by atoms with van der Waals surface area (Å²) in [4.78, 5) is 49.2. The van der Waals surface area contributed by atoms with Gasteiger partial charge >= 0.3 is 6.09 Å². The predicted molar refractivity (Wildman–Crippen MR) is 576 cm³/mol. The first-order valence-corrected chi connectivity index (χ1v) is 51.8. The summed E-state index contributed by atoms with van der Waals surface area (Å²) in [5.41, 5.74) is 14.9. The number of likely N-dealkylation sites (tertiary alicyclic amines) is 5. The van der Waals surface area contributed by atoms with E-state index in [0.29, 0.717) is 39.3 Å². The number of carbonyl (C=O) groups excluding carboxylic acids is 1. The number of piperidine rings is 6. The molecule has 0 bridgehead atoms. The number of alkyl carbamates (subject to hydrolysis) is 1. The maximum atomic E-state index is 11.6. The monoisotopic (exact) mass is 1870 g/mol. The molecule has 16 heteroatoms. The Kier molecular flexibility index (Phi) is 41.3. The van der Waals surface area contributed by atoms with Crippen LogP contribution in [-0.4, -0.2) is 167 Å². The van der Waals surface area contributed by atoms with Gasteiger partial charge < -0.3 is 48.8 Å². The first kappa shape index (κ1) is 112. The minimum absolute atomic E-state index is 0.133. The van der Waals surface area contributed by atoms with Crippen LogP contribution in [0.15, 0.2) is 188 Å². The molecule has 7 aliphatic rings. The van der Waals surface area contributed by atoms with Gasteiger partial charge in [-0.3, -0.25) is 24.5 Å². The molecule has 0 radical (unpaired) electrons. The van der Waals surface area contributed by atoms with Crippen molar-refractivity contribution in [2.24, 2.45) is 59.6 Å². The number of benzene rings is 7. The van der Waals surface area contributed by atoms with Crippen molar-refractivity contribution in [3.63, 3.8) is 0 Å². The molecule has 744 valence electrons. The Morgan fingerprint density at radius 3 is 1.04 bits per heavy atom. The highest BCUT2D eigenvalue weighted by Gasteiger charge is 2.52. The molecule has 16 nitrogen and oxygen atoms in total. The average Bonchev–Trinajstić information content (AvgIpc) is 0.801. The Labute approximate surface area is 837 Å². The maximum Gasteiger partial charge on any atom is 0.407 e. The van der Waals surface area contributed by atoms with Crippen molar-refractivity contribution in [2.75, 3.05) is 130 Å². The number of nitrogens with zero attached hydrogens (tertiary/aromatic N) is 12. The van der Waals surface area contributed by atoms with Crippen LogP contribution in [0.1, 0.15) is 269 Å². The van der Waals surface area contributed by atoms with Crippen LogP contribution in [0.4, 0.5) is 10.5 Å². The van der Waals surface area contributed by atoms with Gasteiger partial charge in [0, 0.05) is 95.6 Å². The van der Waals surface area contributed by atoms with Gasteiger partial charge in [0.25, 0.3) is 0 Å².